The highest BCUT2D eigenvalue weighted by molar-refractivity contribution is 5.79. The summed E-state index contributed by atoms with van der Waals surface area (Å²) in [6.07, 6.45) is 1.64. The molecule has 144 valence electrons. The van der Waals surface area contributed by atoms with Gasteiger partial charge in [0.25, 0.3) is 0 Å². The molecule has 0 spiro atoms. The van der Waals surface area contributed by atoms with Crippen molar-refractivity contribution >= 4 is 5.91 Å². The van der Waals surface area contributed by atoms with Crippen LogP contribution in [0.1, 0.15) is 48.1 Å². The molecular weight excluding hydrogens is 339 g/mol. The van der Waals surface area contributed by atoms with Crippen molar-refractivity contribution in [2.24, 2.45) is 5.92 Å². The van der Waals surface area contributed by atoms with Crippen LogP contribution in [0.15, 0.2) is 42.5 Å². The van der Waals surface area contributed by atoms with Crippen molar-refractivity contribution in [2.75, 3.05) is 13.1 Å². The second-order valence-corrected chi connectivity index (χ2v) is 7.73. The molecule has 0 aromatic heterocycles. The largest absolute Gasteiger partial charge is 0.349 e. The van der Waals surface area contributed by atoms with Gasteiger partial charge in [0.1, 0.15) is 5.82 Å². The summed E-state index contributed by atoms with van der Waals surface area (Å²) < 4.78 is 13.8. The van der Waals surface area contributed by atoms with Gasteiger partial charge in [0.2, 0.25) is 5.91 Å². The minimum absolute atomic E-state index is 0.00819. The van der Waals surface area contributed by atoms with E-state index >= 15 is 0 Å². The van der Waals surface area contributed by atoms with E-state index in [-0.39, 0.29) is 23.7 Å². The number of hydrogen-bond donors (Lipinski definition) is 1. The zero-order valence-electron chi connectivity index (χ0n) is 16.5. The van der Waals surface area contributed by atoms with Crippen molar-refractivity contribution in [2.45, 2.75) is 46.2 Å². The van der Waals surface area contributed by atoms with Gasteiger partial charge in [-0.3, -0.25) is 9.69 Å². The maximum Gasteiger partial charge on any atom is 0.223 e. The van der Waals surface area contributed by atoms with Gasteiger partial charge in [0.05, 0.1) is 6.04 Å². The Balaban J connectivity index is 1.52. The van der Waals surface area contributed by atoms with Crippen LogP contribution in [0.5, 0.6) is 0 Å². The Morgan fingerprint density at radius 1 is 1.19 bits per heavy atom. The third-order valence-electron chi connectivity index (χ3n) is 5.57. The number of halogens is 1. The lowest BCUT2D eigenvalue weighted by molar-refractivity contribution is -0.127. The number of amides is 1. The fraction of sp³-hybridized carbons (Fsp3) is 0.435. The third-order valence-corrected chi connectivity index (χ3v) is 5.57. The highest BCUT2D eigenvalue weighted by atomic mass is 19.1. The van der Waals surface area contributed by atoms with Crippen LogP contribution >= 0.6 is 0 Å². The highest BCUT2D eigenvalue weighted by Crippen LogP contribution is 2.23. The standard InChI is InChI=1S/C23H29FN2O/c1-16-8-9-17(2)21(14-16)18(3)25-23(27)19-10-12-26(13-11-19)15-20-6-4-5-7-22(20)24/h4-9,14,18-19H,10-13,15H2,1-3H3,(H,25,27)/t18-/m1/s1. The van der Waals surface area contributed by atoms with Gasteiger partial charge >= 0.3 is 0 Å². The molecule has 2 aromatic carbocycles. The van der Waals surface area contributed by atoms with E-state index in [0.29, 0.717) is 6.54 Å². The molecule has 3 nitrogen and oxygen atoms in total. The lowest BCUT2D eigenvalue weighted by Gasteiger charge is -2.32. The molecule has 1 aliphatic rings. The lowest BCUT2D eigenvalue weighted by Crippen LogP contribution is -2.41. The van der Waals surface area contributed by atoms with Crippen molar-refractivity contribution in [3.05, 3.63) is 70.5 Å². The molecular formula is C23H29FN2O. The topological polar surface area (TPSA) is 32.3 Å². The summed E-state index contributed by atoms with van der Waals surface area (Å²) in [4.78, 5) is 14.9. The fourth-order valence-corrected chi connectivity index (χ4v) is 3.86. The summed E-state index contributed by atoms with van der Waals surface area (Å²) in [5.74, 6) is 0.0168. The SMILES string of the molecule is Cc1ccc(C)c([C@@H](C)NC(=O)C2CCN(Cc3ccccc3F)CC2)c1. The second kappa shape index (κ2) is 8.66. The van der Waals surface area contributed by atoms with Gasteiger partial charge in [0.15, 0.2) is 0 Å². The zero-order chi connectivity index (χ0) is 19.4. The van der Waals surface area contributed by atoms with Crippen LogP contribution in [0.4, 0.5) is 4.39 Å². The van der Waals surface area contributed by atoms with E-state index < -0.39 is 0 Å². The van der Waals surface area contributed by atoms with Crippen molar-refractivity contribution < 1.29 is 9.18 Å². The smallest absolute Gasteiger partial charge is 0.223 e. The molecule has 1 amide bonds. The first kappa shape index (κ1) is 19.6. The molecule has 1 heterocycles. The summed E-state index contributed by atoms with van der Waals surface area (Å²) >= 11 is 0. The molecule has 0 radical (unpaired) electrons. The minimum atomic E-state index is -0.153. The number of rotatable bonds is 5. The number of aryl methyl sites for hydroxylation is 2. The molecule has 0 saturated carbocycles. The fourth-order valence-electron chi connectivity index (χ4n) is 3.86. The number of nitrogens with one attached hydrogen (secondary N) is 1. The highest BCUT2D eigenvalue weighted by Gasteiger charge is 2.26. The van der Waals surface area contributed by atoms with Gasteiger partial charge in [0, 0.05) is 18.0 Å². The van der Waals surface area contributed by atoms with E-state index in [4.69, 9.17) is 0 Å². The molecule has 0 unspecified atom stereocenters. The minimum Gasteiger partial charge on any atom is -0.349 e. The maximum absolute atomic E-state index is 13.8. The summed E-state index contributed by atoms with van der Waals surface area (Å²) in [6, 6.07) is 13.3. The van der Waals surface area contributed by atoms with Crippen LogP contribution in [0, 0.1) is 25.6 Å². The molecule has 3 rings (SSSR count). The molecule has 1 aliphatic heterocycles. The normalized spacial score (nSPS) is 16.9. The summed E-state index contributed by atoms with van der Waals surface area (Å²) in [7, 11) is 0. The summed E-state index contributed by atoms with van der Waals surface area (Å²) in [6.45, 7) is 8.46. The van der Waals surface area contributed by atoms with Gasteiger partial charge < -0.3 is 5.32 Å². The first-order valence-electron chi connectivity index (χ1n) is 9.77. The van der Waals surface area contributed by atoms with Crippen molar-refractivity contribution in [1.82, 2.24) is 10.2 Å². The molecule has 4 heteroatoms. The Morgan fingerprint density at radius 2 is 1.89 bits per heavy atom. The lowest BCUT2D eigenvalue weighted by atomic mass is 9.94. The van der Waals surface area contributed by atoms with Crippen molar-refractivity contribution in [3.8, 4) is 0 Å². The first-order valence-corrected chi connectivity index (χ1v) is 9.77. The van der Waals surface area contributed by atoms with E-state index in [1.54, 1.807) is 6.07 Å². The van der Waals surface area contributed by atoms with Crippen LogP contribution in [0.2, 0.25) is 0 Å². The van der Waals surface area contributed by atoms with E-state index in [1.807, 2.05) is 19.1 Å². The second-order valence-electron chi connectivity index (χ2n) is 7.73. The Morgan fingerprint density at radius 3 is 2.59 bits per heavy atom. The van der Waals surface area contributed by atoms with E-state index in [9.17, 15) is 9.18 Å². The molecule has 0 aliphatic carbocycles. The van der Waals surface area contributed by atoms with E-state index in [0.717, 1.165) is 31.5 Å². The predicted molar refractivity (Wildman–Crippen MR) is 107 cm³/mol. The van der Waals surface area contributed by atoms with Gasteiger partial charge in [-0.25, -0.2) is 4.39 Å². The molecule has 1 atom stereocenters. The Bertz CT molecular complexity index is 797. The van der Waals surface area contributed by atoms with Crippen LogP contribution < -0.4 is 5.32 Å². The maximum atomic E-state index is 13.8. The number of benzene rings is 2. The number of hydrogen-bond acceptors (Lipinski definition) is 2. The van der Waals surface area contributed by atoms with Gasteiger partial charge in [-0.15, -0.1) is 0 Å². The van der Waals surface area contributed by atoms with E-state index in [2.05, 4.69) is 42.3 Å². The number of piperidine rings is 1. The Labute approximate surface area is 161 Å². The summed E-state index contributed by atoms with van der Waals surface area (Å²) in [5.41, 5.74) is 4.32. The average molecular weight is 368 g/mol. The van der Waals surface area contributed by atoms with Gasteiger partial charge in [-0.05, 0) is 63.9 Å². The molecule has 1 N–H and O–H groups in total. The average Bonchev–Trinajstić information content (AvgIpc) is 2.66. The van der Waals surface area contributed by atoms with Crippen molar-refractivity contribution in [3.63, 3.8) is 0 Å². The third kappa shape index (κ3) is 4.95. The molecule has 1 fully saturated rings. The van der Waals surface area contributed by atoms with Crippen LogP contribution in [0.3, 0.4) is 0 Å². The number of carbonyl (C=O) groups is 1. The van der Waals surface area contributed by atoms with E-state index in [1.165, 1.54) is 22.8 Å². The zero-order valence-corrected chi connectivity index (χ0v) is 16.5. The van der Waals surface area contributed by atoms with Crippen LogP contribution in [0.25, 0.3) is 0 Å². The first-order chi connectivity index (χ1) is 12.9. The molecule has 2 aromatic rings. The quantitative estimate of drug-likeness (QED) is 0.841. The number of likely N-dealkylation sites (tertiary alicyclic amines) is 1. The molecule has 1 saturated heterocycles. The van der Waals surface area contributed by atoms with Crippen molar-refractivity contribution in [1.29, 1.82) is 0 Å². The summed E-state index contributed by atoms with van der Waals surface area (Å²) in [5, 5.41) is 3.19. The molecule has 27 heavy (non-hydrogen) atoms. The number of nitrogens with zero attached hydrogens (tertiary/aromatic N) is 1. The van der Waals surface area contributed by atoms with Gasteiger partial charge in [-0.2, -0.15) is 0 Å². The predicted octanol–water partition coefficient (Wildman–Crippen LogP) is 4.53. The van der Waals surface area contributed by atoms with Crippen LogP contribution in [-0.2, 0) is 11.3 Å². The van der Waals surface area contributed by atoms with Gasteiger partial charge in [-0.1, -0.05) is 42.0 Å². The molecule has 0 bridgehead atoms. The van der Waals surface area contributed by atoms with Crippen LogP contribution in [-0.4, -0.2) is 23.9 Å². The Hall–Kier alpha value is -2.20. The Kier molecular flexibility index (Phi) is 6.27. The number of carbonyl (C=O) groups excluding carboxylic acids is 1. The monoisotopic (exact) mass is 368 g/mol.